The SMILES string of the molecule is O=C(Nc1ncccn1)c1cc([N+](=O)[O-])c(Cl)s1. The van der Waals surface area contributed by atoms with Crippen LogP contribution in [-0.4, -0.2) is 20.8 Å². The lowest BCUT2D eigenvalue weighted by molar-refractivity contribution is -0.384. The summed E-state index contributed by atoms with van der Waals surface area (Å²) in [5, 5.41) is 13.0. The molecule has 9 heteroatoms. The number of carbonyl (C=O) groups is 1. The summed E-state index contributed by atoms with van der Waals surface area (Å²) in [5.41, 5.74) is -0.291. The molecule has 0 aliphatic heterocycles. The van der Waals surface area contributed by atoms with Crippen LogP contribution in [0.2, 0.25) is 4.34 Å². The Morgan fingerprint density at radius 2 is 2.11 bits per heavy atom. The lowest BCUT2D eigenvalue weighted by atomic mass is 10.4. The van der Waals surface area contributed by atoms with Crippen molar-refractivity contribution in [1.82, 2.24) is 9.97 Å². The zero-order valence-electron chi connectivity index (χ0n) is 8.66. The number of rotatable bonds is 3. The van der Waals surface area contributed by atoms with E-state index in [4.69, 9.17) is 11.6 Å². The minimum Gasteiger partial charge on any atom is -0.290 e. The van der Waals surface area contributed by atoms with Gasteiger partial charge in [0, 0.05) is 18.5 Å². The Hall–Kier alpha value is -2.06. The highest BCUT2D eigenvalue weighted by atomic mass is 35.5. The molecule has 0 aliphatic rings. The second-order valence-electron chi connectivity index (χ2n) is 3.05. The van der Waals surface area contributed by atoms with Gasteiger partial charge in [0.15, 0.2) is 4.34 Å². The van der Waals surface area contributed by atoms with E-state index in [2.05, 4.69) is 15.3 Å². The molecule has 0 unspecified atom stereocenters. The first-order chi connectivity index (χ1) is 8.58. The fourth-order valence-electron chi connectivity index (χ4n) is 1.12. The molecule has 0 bridgehead atoms. The van der Waals surface area contributed by atoms with Crippen molar-refractivity contribution in [3.8, 4) is 0 Å². The predicted molar refractivity (Wildman–Crippen MR) is 66.0 cm³/mol. The van der Waals surface area contributed by atoms with Crippen molar-refractivity contribution < 1.29 is 9.72 Å². The second-order valence-corrected chi connectivity index (χ2v) is 4.71. The Morgan fingerprint density at radius 1 is 1.44 bits per heavy atom. The molecular weight excluding hydrogens is 280 g/mol. The third-order valence-corrected chi connectivity index (χ3v) is 3.22. The van der Waals surface area contributed by atoms with Gasteiger partial charge in [-0.3, -0.25) is 20.2 Å². The molecule has 2 heterocycles. The zero-order valence-corrected chi connectivity index (χ0v) is 10.2. The molecule has 2 aromatic heterocycles. The van der Waals surface area contributed by atoms with E-state index in [1.165, 1.54) is 12.4 Å². The largest absolute Gasteiger partial charge is 0.299 e. The minimum absolute atomic E-state index is 0.0425. The average molecular weight is 285 g/mol. The number of nitrogens with one attached hydrogen (secondary N) is 1. The van der Waals surface area contributed by atoms with E-state index in [-0.39, 0.29) is 20.8 Å². The highest BCUT2D eigenvalue weighted by molar-refractivity contribution is 7.18. The molecule has 0 saturated carbocycles. The minimum atomic E-state index is -0.644. The predicted octanol–water partition coefficient (Wildman–Crippen LogP) is 2.35. The summed E-state index contributed by atoms with van der Waals surface area (Å²) < 4.78 is -0.0425. The summed E-state index contributed by atoms with van der Waals surface area (Å²) in [6.07, 6.45) is 2.93. The van der Waals surface area contributed by atoms with E-state index >= 15 is 0 Å². The second kappa shape index (κ2) is 5.07. The molecule has 1 N–H and O–H groups in total. The van der Waals surface area contributed by atoms with E-state index in [9.17, 15) is 14.9 Å². The van der Waals surface area contributed by atoms with Gasteiger partial charge in [0.1, 0.15) is 4.88 Å². The maximum atomic E-state index is 11.7. The highest BCUT2D eigenvalue weighted by Gasteiger charge is 2.21. The van der Waals surface area contributed by atoms with E-state index in [1.807, 2.05) is 0 Å². The molecule has 0 aliphatic carbocycles. The summed E-state index contributed by atoms with van der Waals surface area (Å²) in [5.74, 6) is -0.420. The van der Waals surface area contributed by atoms with Crippen molar-refractivity contribution in [3.63, 3.8) is 0 Å². The maximum absolute atomic E-state index is 11.7. The number of hydrogen-bond acceptors (Lipinski definition) is 6. The molecule has 0 aromatic carbocycles. The van der Waals surface area contributed by atoms with Crippen LogP contribution >= 0.6 is 22.9 Å². The number of aromatic nitrogens is 2. The van der Waals surface area contributed by atoms with E-state index in [0.717, 1.165) is 17.4 Å². The highest BCUT2D eigenvalue weighted by Crippen LogP contribution is 2.33. The van der Waals surface area contributed by atoms with Gasteiger partial charge >= 0.3 is 0 Å². The molecule has 2 rings (SSSR count). The Morgan fingerprint density at radius 3 is 2.67 bits per heavy atom. The van der Waals surface area contributed by atoms with Crippen LogP contribution in [0.15, 0.2) is 24.5 Å². The first-order valence-corrected chi connectivity index (χ1v) is 5.79. The Kier molecular flexibility index (Phi) is 3.49. The summed E-state index contributed by atoms with van der Waals surface area (Å²) in [6.45, 7) is 0. The Bertz CT molecular complexity index is 601. The van der Waals surface area contributed by atoms with Gasteiger partial charge in [0.05, 0.1) is 4.92 Å². The lowest BCUT2D eigenvalue weighted by Gasteiger charge is -1.99. The number of nitrogens with zero attached hydrogens (tertiary/aromatic N) is 3. The number of hydrogen-bond donors (Lipinski definition) is 1. The monoisotopic (exact) mass is 284 g/mol. The van der Waals surface area contributed by atoms with Crippen molar-refractivity contribution in [2.75, 3.05) is 5.32 Å². The fourth-order valence-corrected chi connectivity index (χ4v) is 2.24. The van der Waals surface area contributed by atoms with Crippen molar-refractivity contribution in [3.05, 3.63) is 43.9 Å². The van der Waals surface area contributed by atoms with Crippen LogP contribution in [0, 0.1) is 10.1 Å². The van der Waals surface area contributed by atoms with E-state index in [1.54, 1.807) is 6.07 Å². The van der Waals surface area contributed by atoms with Crippen LogP contribution in [0.25, 0.3) is 0 Å². The first-order valence-electron chi connectivity index (χ1n) is 4.60. The standard InChI is InChI=1S/C9H5ClN4O3S/c10-7-5(14(16)17)4-6(18-7)8(15)13-9-11-2-1-3-12-9/h1-4H,(H,11,12,13,15). The molecule has 0 fully saturated rings. The van der Waals surface area contributed by atoms with Crippen LogP contribution in [-0.2, 0) is 0 Å². The molecule has 2 aromatic rings. The van der Waals surface area contributed by atoms with Crippen LogP contribution in [0.5, 0.6) is 0 Å². The number of halogens is 1. The van der Waals surface area contributed by atoms with Gasteiger partial charge in [-0.15, -0.1) is 11.3 Å². The van der Waals surface area contributed by atoms with Crippen LogP contribution in [0.1, 0.15) is 9.67 Å². The third-order valence-electron chi connectivity index (χ3n) is 1.88. The lowest BCUT2D eigenvalue weighted by Crippen LogP contribution is -2.12. The number of thiophene rings is 1. The fraction of sp³-hybridized carbons (Fsp3) is 0. The molecule has 0 atom stereocenters. The van der Waals surface area contributed by atoms with Gasteiger partial charge in [-0.05, 0) is 6.07 Å². The normalized spacial score (nSPS) is 10.1. The summed E-state index contributed by atoms with van der Waals surface area (Å²) >= 11 is 6.48. The summed E-state index contributed by atoms with van der Waals surface area (Å²) in [6, 6.07) is 2.72. The van der Waals surface area contributed by atoms with E-state index < -0.39 is 10.8 Å². The molecule has 0 spiro atoms. The quantitative estimate of drug-likeness (QED) is 0.689. The van der Waals surface area contributed by atoms with Crippen LogP contribution in [0.3, 0.4) is 0 Å². The molecule has 0 saturated heterocycles. The Balaban J connectivity index is 2.20. The van der Waals surface area contributed by atoms with Crippen molar-refractivity contribution >= 4 is 40.5 Å². The van der Waals surface area contributed by atoms with Gasteiger partial charge in [0.25, 0.3) is 11.6 Å². The van der Waals surface area contributed by atoms with Gasteiger partial charge in [-0.25, -0.2) is 9.97 Å². The Labute approximate surface area is 110 Å². The van der Waals surface area contributed by atoms with Crippen LogP contribution < -0.4 is 5.32 Å². The topological polar surface area (TPSA) is 98.0 Å². The number of nitro groups is 1. The van der Waals surface area contributed by atoms with Gasteiger partial charge in [-0.2, -0.15) is 0 Å². The molecular formula is C9H5ClN4O3S. The van der Waals surface area contributed by atoms with Crippen LogP contribution in [0.4, 0.5) is 11.6 Å². The van der Waals surface area contributed by atoms with Gasteiger partial charge in [0.2, 0.25) is 5.95 Å². The zero-order chi connectivity index (χ0) is 13.1. The molecule has 0 radical (unpaired) electrons. The van der Waals surface area contributed by atoms with E-state index in [0.29, 0.717) is 0 Å². The molecule has 7 nitrogen and oxygen atoms in total. The molecule has 92 valence electrons. The van der Waals surface area contributed by atoms with Crippen molar-refractivity contribution in [1.29, 1.82) is 0 Å². The third kappa shape index (κ3) is 2.60. The van der Waals surface area contributed by atoms with Gasteiger partial charge < -0.3 is 0 Å². The summed E-state index contributed by atoms with van der Waals surface area (Å²) in [4.78, 5) is 29.4. The number of anilines is 1. The summed E-state index contributed by atoms with van der Waals surface area (Å²) in [7, 11) is 0. The maximum Gasteiger partial charge on any atom is 0.299 e. The molecule has 18 heavy (non-hydrogen) atoms. The first kappa shape index (κ1) is 12.4. The van der Waals surface area contributed by atoms with Gasteiger partial charge in [-0.1, -0.05) is 11.6 Å². The molecule has 1 amide bonds. The number of amides is 1. The van der Waals surface area contributed by atoms with Crippen molar-refractivity contribution in [2.45, 2.75) is 0 Å². The smallest absolute Gasteiger partial charge is 0.290 e. The van der Waals surface area contributed by atoms with Crippen molar-refractivity contribution in [2.24, 2.45) is 0 Å². The average Bonchev–Trinajstić information content (AvgIpc) is 2.73. The number of carbonyl (C=O) groups excluding carboxylic acids is 1.